The number of ether oxygens (including phenoxy) is 1. The Hall–Kier alpha value is -1.19. The molecular formula is C14H21F3IN3O. The van der Waals surface area contributed by atoms with Crippen molar-refractivity contribution in [1.29, 1.82) is 0 Å². The van der Waals surface area contributed by atoms with Gasteiger partial charge in [-0.05, 0) is 25.5 Å². The Morgan fingerprint density at radius 2 is 2.05 bits per heavy atom. The maximum atomic E-state index is 13.8. The molecule has 0 aliphatic carbocycles. The van der Waals surface area contributed by atoms with Gasteiger partial charge >= 0.3 is 6.61 Å². The molecule has 0 bridgehead atoms. The SMILES string of the molecule is CCC(C)NC(=NC)NCc1c(F)cccc1OC(F)F.I. The largest absolute Gasteiger partial charge is 0.434 e. The minimum absolute atomic E-state index is 0. The average molecular weight is 431 g/mol. The molecule has 1 aromatic carbocycles. The van der Waals surface area contributed by atoms with Gasteiger partial charge in [-0.3, -0.25) is 4.99 Å². The third-order valence-electron chi connectivity index (χ3n) is 2.94. The summed E-state index contributed by atoms with van der Waals surface area (Å²) in [6, 6.07) is 4.01. The molecular weight excluding hydrogens is 410 g/mol. The number of benzene rings is 1. The van der Waals surface area contributed by atoms with Crippen LogP contribution in [0.15, 0.2) is 23.2 Å². The molecule has 0 saturated carbocycles. The predicted octanol–water partition coefficient (Wildman–Crippen LogP) is 3.51. The van der Waals surface area contributed by atoms with E-state index in [1.165, 1.54) is 18.2 Å². The van der Waals surface area contributed by atoms with Crippen LogP contribution in [0.4, 0.5) is 13.2 Å². The molecule has 1 atom stereocenters. The maximum Gasteiger partial charge on any atom is 0.387 e. The Balaban J connectivity index is 0.00000441. The van der Waals surface area contributed by atoms with Gasteiger partial charge in [-0.1, -0.05) is 13.0 Å². The minimum atomic E-state index is -3.00. The topological polar surface area (TPSA) is 45.7 Å². The molecule has 8 heteroatoms. The Kier molecular flexibility index (Phi) is 9.95. The summed E-state index contributed by atoms with van der Waals surface area (Å²) in [5.41, 5.74) is 0.0323. The molecule has 0 aromatic heterocycles. The molecule has 1 unspecified atom stereocenters. The van der Waals surface area contributed by atoms with Crippen LogP contribution in [-0.2, 0) is 6.54 Å². The number of guanidine groups is 1. The minimum Gasteiger partial charge on any atom is -0.434 e. The predicted molar refractivity (Wildman–Crippen MR) is 91.5 cm³/mol. The third-order valence-corrected chi connectivity index (χ3v) is 2.94. The molecule has 0 amide bonds. The number of aliphatic imine (C=N–C) groups is 1. The van der Waals surface area contributed by atoms with E-state index >= 15 is 0 Å². The first-order valence-electron chi connectivity index (χ1n) is 6.67. The molecule has 0 heterocycles. The van der Waals surface area contributed by atoms with Crippen molar-refractivity contribution in [2.75, 3.05) is 7.05 Å². The van der Waals surface area contributed by atoms with E-state index in [2.05, 4.69) is 20.4 Å². The van der Waals surface area contributed by atoms with Crippen LogP contribution in [0.3, 0.4) is 0 Å². The normalized spacial score (nSPS) is 12.6. The van der Waals surface area contributed by atoms with Crippen molar-refractivity contribution >= 4 is 29.9 Å². The monoisotopic (exact) mass is 431 g/mol. The highest BCUT2D eigenvalue weighted by Gasteiger charge is 2.14. The lowest BCUT2D eigenvalue weighted by Crippen LogP contribution is -2.41. The van der Waals surface area contributed by atoms with Gasteiger partial charge in [-0.2, -0.15) is 8.78 Å². The van der Waals surface area contributed by atoms with Gasteiger partial charge in [0.2, 0.25) is 0 Å². The molecule has 0 saturated heterocycles. The van der Waals surface area contributed by atoms with E-state index in [1.54, 1.807) is 7.05 Å². The van der Waals surface area contributed by atoms with Crippen LogP contribution in [0.5, 0.6) is 5.75 Å². The van der Waals surface area contributed by atoms with Crippen LogP contribution in [-0.4, -0.2) is 25.7 Å². The van der Waals surface area contributed by atoms with E-state index in [1.807, 2.05) is 13.8 Å². The van der Waals surface area contributed by atoms with Gasteiger partial charge in [-0.25, -0.2) is 4.39 Å². The van der Waals surface area contributed by atoms with Crippen LogP contribution in [0.25, 0.3) is 0 Å². The van der Waals surface area contributed by atoms with E-state index in [4.69, 9.17) is 0 Å². The van der Waals surface area contributed by atoms with Crippen LogP contribution in [0.2, 0.25) is 0 Å². The Labute approximate surface area is 145 Å². The van der Waals surface area contributed by atoms with Gasteiger partial charge in [0, 0.05) is 25.2 Å². The van der Waals surface area contributed by atoms with Gasteiger partial charge in [0.1, 0.15) is 11.6 Å². The van der Waals surface area contributed by atoms with Crippen molar-refractivity contribution in [2.45, 2.75) is 39.5 Å². The number of rotatable bonds is 6. The number of hydrogen-bond donors (Lipinski definition) is 2. The highest BCUT2D eigenvalue weighted by Crippen LogP contribution is 2.23. The quantitative estimate of drug-likeness (QED) is 0.412. The number of nitrogens with one attached hydrogen (secondary N) is 2. The second-order valence-electron chi connectivity index (χ2n) is 4.47. The molecule has 0 radical (unpaired) electrons. The first-order chi connectivity index (χ1) is 9.97. The van der Waals surface area contributed by atoms with Crippen molar-refractivity contribution in [3.63, 3.8) is 0 Å². The zero-order valence-corrected chi connectivity index (χ0v) is 15.0. The first-order valence-corrected chi connectivity index (χ1v) is 6.67. The number of alkyl halides is 2. The fourth-order valence-electron chi connectivity index (χ4n) is 1.62. The fraction of sp³-hybridized carbons (Fsp3) is 0.500. The lowest BCUT2D eigenvalue weighted by molar-refractivity contribution is -0.0506. The van der Waals surface area contributed by atoms with E-state index in [-0.39, 0.29) is 47.9 Å². The zero-order valence-electron chi connectivity index (χ0n) is 12.7. The smallest absolute Gasteiger partial charge is 0.387 e. The average Bonchev–Trinajstić information content (AvgIpc) is 2.44. The van der Waals surface area contributed by atoms with E-state index < -0.39 is 12.4 Å². The molecule has 4 nitrogen and oxygen atoms in total. The van der Waals surface area contributed by atoms with Crippen LogP contribution in [0, 0.1) is 5.82 Å². The van der Waals surface area contributed by atoms with Crippen molar-refractivity contribution in [3.05, 3.63) is 29.6 Å². The standard InChI is InChI=1S/C14H20F3N3O.HI/c1-4-9(2)20-14(18-3)19-8-10-11(15)6-5-7-12(10)21-13(16)17;/h5-7,9,13H,4,8H2,1-3H3,(H2,18,19,20);1H. The van der Waals surface area contributed by atoms with Crippen molar-refractivity contribution < 1.29 is 17.9 Å². The lowest BCUT2D eigenvalue weighted by atomic mass is 10.2. The molecule has 1 rings (SSSR count). The second-order valence-corrected chi connectivity index (χ2v) is 4.47. The van der Waals surface area contributed by atoms with Crippen LogP contribution < -0.4 is 15.4 Å². The summed E-state index contributed by atoms with van der Waals surface area (Å²) < 4.78 is 42.7. The first kappa shape index (κ1) is 20.8. The van der Waals surface area contributed by atoms with E-state index in [9.17, 15) is 13.2 Å². The molecule has 22 heavy (non-hydrogen) atoms. The van der Waals surface area contributed by atoms with Gasteiger partial charge < -0.3 is 15.4 Å². The van der Waals surface area contributed by atoms with Gasteiger partial charge in [0.15, 0.2) is 5.96 Å². The molecule has 0 aliphatic heterocycles. The summed E-state index contributed by atoms with van der Waals surface area (Å²) in [5.74, 6) is -0.327. The summed E-state index contributed by atoms with van der Waals surface area (Å²) in [4.78, 5) is 3.99. The Bertz CT molecular complexity index is 486. The van der Waals surface area contributed by atoms with Crippen molar-refractivity contribution in [3.8, 4) is 5.75 Å². The summed E-state index contributed by atoms with van der Waals surface area (Å²) >= 11 is 0. The van der Waals surface area contributed by atoms with Gasteiger partial charge in [0.25, 0.3) is 0 Å². The van der Waals surface area contributed by atoms with Crippen LogP contribution in [0.1, 0.15) is 25.8 Å². The lowest BCUT2D eigenvalue weighted by Gasteiger charge is -2.17. The van der Waals surface area contributed by atoms with Crippen molar-refractivity contribution in [1.82, 2.24) is 10.6 Å². The molecule has 126 valence electrons. The highest BCUT2D eigenvalue weighted by atomic mass is 127. The molecule has 2 N–H and O–H groups in total. The van der Waals surface area contributed by atoms with E-state index in [0.29, 0.717) is 5.96 Å². The van der Waals surface area contributed by atoms with Crippen LogP contribution >= 0.6 is 24.0 Å². The molecule has 0 spiro atoms. The third kappa shape index (κ3) is 6.71. The Morgan fingerprint density at radius 3 is 2.59 bits per heavy atom. The summed E-state index contributed by atoms with van der Waals surface area (Å²) in [6.45, 7) is 0.978. The molecule has 0 aliphatic rings. The number of nitrogens with zero attached hydrogens (tertiary/aromatic N) is 1. The van der Waals surface area contributed by atoms with Gasteiger partial charge in [-0.15, -0.1) is 24.0 Å². The Morgan fingerprint density at radius 1 is 1.36 bits per heavy atom. The highest BCUT2D eigenvalue weighted by molar-refractivity contribution is 14.0. The maximum absolute atomic E-state index is 13.8. The molecule has 0 fully saturated rings. The van der Waals surface area contributed by atoms with Gasteiger partial charge in [0.05, 0.1) is 0 Å². The number of halogens is 4. The van der Waals surface area contributed by atoms with Crippen molar-refractivity contribution in [2.24, 2.45) is 4.99 Å². The number of hydrogen-bond acceptors (Lipinski definition) is 2. The van der Waals surface area contributed by atoms with E-state index in [0.717, 1.165) is 6.42 Å². The zero-order chi connectivity index (χ0) is 15.8. The summed E-state index contributed by atoms with van der Waals surface area (Å²) in [7, 11) is 1.58. The summed E-state index contributed by atoms with van der Waals surface area (Å²) in [6.07, 6.45) is 0.889. The fourth-order valence-corrected chi connectivity index (χ4v) is 1.62. The second kappa shape index (κ2) is 10.5. The molecule has 1 aromatic rings. The summed E-state index contributed by atoms with van der Waals surface area (Å²) in [5, 5.41) is 5.97.